The van der Waals surface area contributed by atoms with Gasteiger partial charge in [-0.05, 0) is 32.8 Å². The average molecular weight is 421 g/mol. The molecule has 0 unspecified atom stereocenters. The minimum Gasteiger partial charge on any atom is -0.452 e. The molecule has 0 aliphatic carbocycles. The summed E-state index contributed by atoms with van der Waals surface area (Å²) in [5, 5.41) is 9.10. The van der Waals surface area contributed by atoms with Gasteiger partial charge in [-0.3, -0.25) is 10.1 Å². The van der Waals surface area contributed by atoms with E-state index in [4.69, 9.17) is 16.3 Å². The smallest absolute Gasteiger partial charge is 0.343 e. The highest BCUT2D eigenvalue weighted by Gasteiger charge is 2.23. The summed E-state index contributed by atoms with van der Waals surface area (Å²) in [5.41, 5.74) is 2.60. The quantitative estimate of drug-likeness (QED) is 0.670. The van der Waals surface area contributed by atoms with Crippen LogP contribution in [-0.4, -0.2) is 40.3 Å². The molecule has 1 atom stereocenters. The molecule has 156 valence electrons. The number of esters is 1. The highest BCUT2D eigenvalue weighted by Crippen LogP contribution is 2.22. The zero-order valence-corrected chi connectivity index (χ0v) is 17.7. The number of rotatable bonds is 7. The highest BCUT2D eigenvalue weighted by molar-refractivity contribution is 6.32. The Bertz CT molecular complexity index is 893. The van der Waals surface area contributed by atoms with Gasteiger partial charge in [0.25, 0.3) is 5.91 Å². The van der Waals surface area contributed by atoms with Gasteiger partial charge >= 0.3 is 12.0 Å². The van der Waals surface area contributed by atoms with Gasteiger partial charge in [0.05, 0.1) is 12.2 Å². The van der Waals surface area contributed by atoms with Crippen LogP contribution < -0.4 is 10.6 Å². The monoisotopic (exact) mass is 420 g/mol. The second kappa shape index (κ2) is 10.1. The molecule has 0 fully saturated rings. The molecule has 0 aliphatic heterocycles. The molecule has 8 nitrogen and oxygen atoms in total. The number of carbonyl (C=O) groups excluding carboxylic acids is 3. The van der Waals surface area contributed by atoms with Crippen LogP contribution in [0, 0.1) is 13.8 Å². The van der Waals surface area contributed by atoms with E-state index in [2.05, 4.69) is 15.7 Å². The topological polar surface area (TPSA) is 102 Å². The number of hydrogen-bond acceptors (Lipinski definition) is 5. The molecule has 1 heterocycles. The molecule has 0 bridgehead atoms. The molecule has 0 radical (unpaired) electrons. The molecule has 0 spiro atoms. The van der Waals surface area contributed by atoms with E-state index >= 15 is 0 Å². The minimum absolute atomic E-state index is 0.0776. The van der Waals surface area contributed by atoms with Crippen LogP contribution in [0.15, 0.2) is 24.3 Å². The fourth-order valence-corrected chi connectivity index (χ4v) is 2.80. The van der Waals surface area contributed by atoms with E-state index in [0.29, 0.717) is 12.2 Å². The Kier molecular flexibility index (Phi) is 7.78. The Labute approximate surface area is 174 Å². The summed E-state index contributed by atoms with van der Waals surface area (Å²) in [7, 11) is 0. The first-order valence-corrected chi connectivity index (χ1v) is 9.65. The van der Waals surface area contributed by atoms with Gasteiger partial charge in [-0.1, -0.05) is 48.4 Å². The molecule has 2 aromatic rings. The van der Waals surface area contributed by atoms with Crippen LogP contribution in [0.5, 0.6) is 0 Å². The maximum absolute atomic E-state index is 12.4. The molecule has 1 aromatic carbocycles. The Balaban J connectivity index is 1.97. The van der Waals surface area contributed by atoms with Crippen LogP contribution in [0.4, 0.5) is 4.79 Å². The summed E-state index contributed by atoms with van der Waals surface area (Å²) in [6.07, 6.45) is 0.723. The van der Waals surface area contributed by atoms with Crippen molar-refractivity contribution in [1.82, 2.24) is 20.4 Å². The molecule has 2 N–H and O–H groups in total. The first-order valence-electron chi connectivity index (χ1n) is 9.27. The van der Waals surface area contributed by atoms with Gasteiger partial charge in [-0.15, -0.1) is 0 Å². The molecule has 3 amide bonds. The van der Waals surface area contributed by atoms with Crippen LogP contribution in [0.3, 0.4) is 0 Å². The molecular formula is C20H25ClN4O4. The maximum atomic E-state index is 12.4. The maximum Gasteiger partial charge on any atom is 0.343 e. The number of amides is 3. The molecule has 0 aliphatic rings. The first kappa shape index (κ1) is 22.4. The van der Waals surface area contributed by atoms with Gasteiger partial charge < -0.3 is 10.1 Å². The number of benzene rings is 1. The third-order valence-electron chi connectivity index (χ3n) is 4.30. The van der Waals surface area contributed by atoms with Gasteiger partial charge in [0.2, 0.25) is 0 Å². The van der Waals surface area contributed by atoms with E-state index in [1.165, 1.54) is 4.68 Å². The van der Waals surface area contributed by atoms with E-state index in [0.717, 1.165) is 17.5 Å². The second-order valence-electron chi connectivity index (χ2n) is 6.80. The Morgan fingerprint density at radius 3 is 2.48 bits per heavy atom. The number of ether oxygens (including phenoxy) is 1. The SMILES string of the molecule is CC[C@H](C)NC(=O)NC(=O)COC(=O)c1c(C)nn(Cc2ccc(C)cc2)c1Cl. The van der Waals surface area contributed by atoms with E-state index < -0.39 is 24.5 Å². The van der Waals surface area contributed by atoms with Crippen molar-refractivity contribution >= 4 is 29.5 Å². The largest absolute Gasteiger partial charge is 0.452 e. The summed E-state index contributed by atoms with van der Waals surface area (Å²) in [5.74, 6) is -1.51. The van der Waals surface area contributed by atoms with Gasteiger partial charge in [0.1, 0.15) is 10.7 Å². The van der Waals surface area contributed by atoms with Gasteiger partial charge in [-0.25, -0.2) is 14.3 Å². The molecule has 1 aromatic heterocycles. The lowest BCUT2D eigenvalue weighted by Gasteiger charge is -2.11. The number of urea groups is 1. The van der Waals surface area contributed by atoms with Crippen LogP contribution in [-0.2, 0) is 16.1 Å². The van der Waals surface area contributed by atoms with E-state index in [-0.39, 0.29) is 16.8 Å². The fraction of sp³-hybridized carbons (Fsp3) is 0.400. The van der Waals surface area contributed by atoms with Crippen LogP contribution in [0.2, 0.25) is 5.15 Å². The number of nitrogens with one attached hydrogen (secondary N) is 2. The molecule has 0 saturated heterocycles. The van der Waals surface area contributed by atoms with Crippen molar-refractivity contribution in [3.63, 3.8) is 0 Å². The van der Waals surface area contributed by atoms with Crippen molar-refractivity contribution in [2.75, 3.05) is 6.61 Å². The minimum atomic E-state index is -0.778. The lowest BCUT2D eigenvalue weighted by molar-refractivity contribution is -0.123. The molecule has 2 rings (SSSR count). The van der Waals surface area contributed by atoms with Gasteiger partial charge in [0, 0.05) is 6.04 Å². The van der Waals surface area contributed by atoms with E-state index in [1.807, 2.05) is 45.0 Å². The third kappa shape index (κ3) is 6.32. The number of halogens is 1. The van der Waals surface area contributed by atoms with Crippen molar-refractivity contribution in [3.8, 4) is 0 Å². The van der Waals surface area contributed by atoms with Crippen molar-refractivity contribution < 1.29 is 19.1 Å². The summed E-state index contributed by atoms with van der Waals surface area (Å²) < 4.78 is 6.49. The zero-order chi connectivity index (χ0) is 21.6. The Morgan fingerprint density at radius 2 is 1.86 bits per heavy atom. The predicted octanol–water partition coefficient (Wildman–Crippen LogP) is 2.98. The van der Waals surface area contributed by atoms with E-state index in [9.17, 15) is 14.4 Å². The summed E-state index contributed by atoms with van der Waals surface area (Å²) in [4.78, 5) is 35.8. The lowest BCUT2D eigenvalue weighted by atomic mass is 10.1. The van der Waals surface area contributed by atoms with E-state index in [1.54, 1.807) is 6.92 Å². The van der Waals surface area contributed by atoms with Crippen LogP contribution >= 0.6 is 11.6 Å². The van der Waals surface area contributed by atoms with Crippen LogP contribution in [0.1, 0.15) is 47.4 Å². The number of nitrogens with zero attached hydrogens (tertiary/aromatic N) is 2. The second-order valence-corrected chi connectivity index (χ2v) is 7.16. The summed E-state index contributed by atoms with van der Waals surface area (Å²) in [6, 6.07) is 7.15. The molecule has 9 heteroatoms. The molecular weight excluding hydrogens is 396 g/mol. The number of aryl methyl sites for hydroxylation is 2. The number of aromatic nitrogens is 2. The Hall–Kier alpha value is -2.87. The van der Waals surface area contributed by atoms with Crippen molar-refractivity contribution in [2.45, 2.75) is 46.7 Å². The van der Waals surface area contributed by atoms with Crippen molar-refractivity contribution in [1.29, 1.82) is 0 Å². The first-order chi connectivity index (χ1) is 13.7. The summed E-state index contributed by atoms with van der Waals surface area (Å²) >= 11 is 6.31. The number of imide groups is 1. The van der Waals surface area contributed by atoms with Gasteiger partial charge in [-0.2, -0.15) is 5.10 Å². The molecule has 29 heavy (non-hydrogen) atoms. The Morgan fingerprint density at radius 1 is 1.21 bits per heavy atom. The molecule has 0 saturated carbocycles. The third-order valence-corrected chi connectivity index (χ3v) is 4.68. The summed E-state index contributed by atoms with van der Waals surface area (Å²) in [6.45, 7) is 7.12. The number of hydrogen-bond donors (Lipinski definition) is 2. The van der Waals surface area contributed by atoms with Crippen LogP contribution in [0.25, 0.3) is 0 Å². The highest BCUT2D eigenvalue weighted by atomic mass is 35.5. The average Bonchev–Trinajstić information content (AvgIpc) is 2.94. The van der Waals surface area contributed by atoms with Crippen molar-refractivity contribution in [3.05, 3.63) is 51.8 Å². The lowest BCUT2D eigenvalue weighted by Crippen LogP contribution is -2.44. The standard InChI is InChI=1S/C20H25ClN4O4/c1-5-13(3)22-20(28)23-16(26)11-29-19(27)17-14(4)24-25(18(17)21)10-15-8-6-12(2)7-9-15/h6-9,13H,5,10-11H2,1-4H3,(H2,22,23,26,28)/t13-/m0/s1. The predicted molar refractivity (Wildman–Crippen MR) is 109 cm³/mol. The van der Waals surface area contributed by atoms with Gasteiger partial charge in [0.15, 0.2) is 6.61 Å². The zero-order valence-electron chi connectivity index (χ0n) is 16.9. The van der Waals surface area contributed by atoms with Crippen molar-refractivity contribution in [2.24, 2.45) is 0 Å². The normalized spacial score (nSPS) is 11.6. The fourth-order valence-electron chi connectivity index (χ4n) is 2.48. The number of carbonyl (C=O) groups is 3.